The number of carbonyl (C=O) groups excluding carboxylic acids is 1. The second-order valence-electron chi connectivity index (χ2n) is 5.03. The maximum atomic E-state index is 12.6. The Kier molecular flexibility index (Phi) is 5.65. The molecule has 1 fully saturated rings. The van der Waals surface area contributed by atoms with Crippen molar-refractivity contribution >= 4 is 27.6 Å². The molecule has 0 saturated carbocycles. The van der Waals surface area contributed by atoms with Gasteiger partial charge in [-0.2, -0.15) is 4.72 Å². The molecule has 2 atom stereocenters. The molecule has 0 bridgehead atoms. The third-order valence-corrected chi connectivity index (χ3v) is 5.46. The van der Waals surface area contributed by atoms with Crippen LogP contribution in [0.5, 0.6) is 0 Å². The number of hydrogen-bond donors (Lipinski definition) is 1. The number of esters is 1. The maximum absolute atomic E-state index is 12.6. The van der Waals surface area contributed by atoms with Gasteiger partial charge in [-0.15, -0.1) is 6.42 Å². The van der Waals surface area contributed by atoms with Crippen molar-refractivity contribution in [3.8, 4) is 12.3 Å². The van der Waals surface area contributed by atoms with Crippen LogP contribution in [0.15, 0.2) is 23.1 Å². The molecule has 0 spiro atoms. The second-order valence-corrected chi connectivity index (χ2v) is 7.12. The summed E-state index contributed by atoms with van der Waals surface area (Å²) in [6.45, 7) is 0.941. The fourth-order valence-electron chi connectivity index (χ4n) is 2.27. The number of carbonyl (C=O) groups is 1. The van der Waals surface area contributed by atoms with E-state index in [0.717, 1.165) is 6.07 Å². The van der Waals surface area contributed by atoms with Crippen LogP contribution in [0.2, 0.25) is 5.02 Å². The highest BCUT2D eigenvalue weighted by molar-refractivity contribution is 7.89. The topological polar surface area (TPSA) is 81.7 Å². The van der Waals surface area contributed by atoms with Crippen molar-refractivity contribution in [2.24, 2.45) is 5.92 Å². The van der Waals surface area contributed by atoms with Crippen LogP contribution in [-0.4, -0.2) is 40.8 Å². The first-order chi connectivity index (χ1) is 10.9. The standard InChI is InChI=1S/C15H16ClNO5S/c1-3-13(11-6-7-22-9-11)17-23(19,20)14-8-10(15(18)21-2)4-5-12(14)16/h1,4-5,8,11,13,17H,6-7,9H2,2H3/t11-,13+/m1/s1. The minimum atomic E-state index is -3.99. The monoisotopic (exact) mass is 357 g/mol. The summed E-state index contributed by atoms with van der Waals surface area (Å²) in [5.41, 5.74) is 0.0822. The zero-order valence-corrected chi connectivity index (χ0v) is 14.0. The first-order valence-electron chi connectivity index (χ1n) is 6.83. The lowest BCUT2D eigenvalue weighted by Crippen LogP contribution is -2.39. The highest BCUT2D eigenvalue weighted by Gasteiger charge is 2.30. The second kappa shape index (κ2) is 7.32. The van der Waals surface area contributed by atoms with Crippen molar-refractivity contribution in [3.63, 3.8) is 0 Å². The minimum Gasteiger partial charge on any atom is -0.465 e. The summed E-state index contributed by atoms with van der Waals surface area (Å²) >= 11 is 5.97. The molecule has 1 aromatic rings. The van der Waals surface area contributed by atoms with E-state index < -0.39 is 22.0 Å². The van der Waals surface area contributed by atoms with Crippen LogP contribution < -0.4 is 4.72 Å². The molecule has 0 aliphatic carbocycles. The summed E-state index contributed by atoms with van der Waals surface area (Å²) in [6, 6.07) is 3.16. The highest BCUT2D eigenvalue weighted by atomic mass is 35.5. The fourth-order valence-corrected chi connectivity index (χ4v) is 4.02. The Balaban J connectivity index is 2.31. The number of ether oxygens (including phenoxy) is 2. The van der Waals surface area contributed by atoms with Gasteiger partial charge in [0.1, 0.15) is 4.90 Å². The van der Waals surface area contributed by atoms with Gasteiger partial charge in [0.05, 0.1) is 30.3 Å². The van der Waals surface area contributed by atoms with Gasteiger partial charge >= 0.3 is 5.97 Å². The summed E-state index contributed by atoms with van der Waals surface area (Å²) in [5, 5.41) is -0.0106. The van der Waals surface area contributed by atoms with E-state index >= 15 is 0 Å². The van der Waals surface area contributed by atoms with Crippen LogP contribution in [-0.2, 0) is 19.5 Å². The van der Waals surface area contributed by atoms with Gasteiger partial charge in [-0.05, 0) is 24.6 Å². The Morgan fingerprint density at radius 3 is 2.87 bits per heavy atom. The van der Waals surface area contributed by atoms with Gasteiger partial charge in [0, 0.05) is 12.5 Å². The summed E-state index contributed by atoms with van der Waals surface area (Å²) < 4.78 is 37.4. The van der Waals surface area contributed by atoms with Gasteiger partial charge in [-0.1, -0.05) is 17.5 Å². The van der Waals surface area contributed by atoms with Crippen molar-refractivity contribution in [2.45, 2.75) is 17.4 Å². The van der Waals surface area contributed by atoms with Crippen LogP contribution in [0.3, 0.4) is 0 Å². The Morgan fingerprint density at radius 1 is 1.57 bits per heavy atom. The lowest BCUT2D eigenvalue weighted by molar-refractivity contribution is 0.0600. The lowest BCUT2D eigenvalue weighted by Gasteiger charge is -2.19. The predicted molar refractivity (Wildman–Crippen MR) is 84.7 cm³/mol. The summed E-state index contributed by atoms with van der Waals surface area (Å²) in [6.07, 6.45) is 6.11. The van der Waals surface area contributed by atoms with Gasteiger partial charge in [0.2, 0.25) is 10.0 Å². The van der Waals surface area contributed by atoms with Crippen molar-refractivity contribution in [1.82, 2.24) is 4.72 Å². The van der Waals surface area contributed by atoms with E-state index in [4.69, 9.17) is 22.8 Å². The maximum Gasteiger partial charge on any atom is 0.337 e. The van der Waals surface area contributed by atoms with E-state index in [1.54, 1.807) is 0 Å². The van der Waals surface area contributed by atoms with Gasteiger partial charge in [0.15, 0.2) is 0 Å². The normalized spacial score (nSPS) is 19.1. The molecule has 0 radical (unpaired) electrons. The zero-order chi connectivity index (χ0) is 17.0. The molecule has 1 heterocycles. The van der Waals surface area contributed by atoms with Crippen LogP contribution in [0, 0.1) is 18.3 Å². The van der Waals surface area contributed by atoms with Gasteiger partial charge in [-0.3, -0.25) is 0 Å². The minimum absolute atomic E-state index is 0.0106. The number of hydrogen-bond acceptors (Lipinski definition) is 5. The molecule has 2 rings (SSSR count). The molecule has 8 heteroatoms. The average Bonchev–Trinajstić information content (AvgIpc) is 3.06. The molecule has 1 saturated heterocycles. The number of terminal acetylenes is 1. The smallest absolute Gasteiger partial charge is 0.337 e. The number of nitrogens with one attached hydrogen (secondary N) is 1. The Hall–Kier alpha value is -1.59. The first-order valence-corrected chi connectivity index (χ1v) is 8.69. The number of rotatable bonds is 5. The largest absolute Gasteiger partial charge is 0.465 e. The third-order valence-electron chi connectivity index (χ3n) is 3.54. The SMILES string of the molecule is C#C[C@H](NS(=O)(=O)c1cc(C(=O)OC)ccc1Cl)[C@@H]1CCOC1. The van der Waals surface area contributed by atoms with Crippen molar-refractivity contribution in [1.29, 1.82) is 0 Å². The summed E-state index contributed by atoms with van der Waals surface area (Å²) in [5.74, 6) is 1.68. The van der Waals surface area contributed by atoms with Crippen LogP contribution >= 0.6 is 11.6 Å². The summed E-state index contributed by atoms with van der Waals surface area (Å²) in [4.78, 5) is 11.3. The van der Waals surface area contributed by atoms with Crippen molar-refractivity contribution < 1.29 is 22.7 Å². The van der Waals surface area contributed by atoms with Gasteiger partial charge in [0.25, 0.3) is 0 Å². The van der Waals surface area contributed by atoms with Gasteiger partial charge in [-0.25, -0.2) is 13.2 Å². The first kappa shape index (κ1) is 17.8. The van der Waals surface area contributed by atoms with Gasteiger partial charge < -0.3 is 9.47 Å². The molecule has 124 valence electrons. The van der Waals surface area contributed by atoms with Crippen LogP contribution in [0.25, 0.3) is 0 Å². The van der Waals surface area contributed by atoms with E-state index in [9.17, 15) is 13.2 Å². The molecular weight excluding hydrogens is 342 g/mol. The quantitative estimate of drug-likeness (QED) is 0.637. The molecule has 1 aliphatic heterocycles. The van der Waals surface area contributed by atoms with E-state index in [1.165, 1.54) is 19.2 Å². The third kappa shape index (κ3) is 4.03. The lowest BCUT2D eigenvalue weighted by atomic mass is 10.0. The number of sulfonamides is 1. The number of halogens is 1. The Bertz CT molecular complexity index is 735. The van der Waals surface area contributed by atoms with Crippen molar-refractivity contribution in [2.75, 3.05) is 20.3 Å². The number of benzene rings is 1. The predicted octanol–water partition coefficient (Wildman–Crippen LogP) is 1.44. The number of methoxy groups -OCH3 is 1. The van der Waals surface area contributed by atoms with E-state index in [1.807, 2.05) is 0 Å². The molecule has 0 aromatic heterocycles. The van der Waals surface area contributed by atoms with Crippen LogP contribution in [0.1, 0.15) is 16.8 Å². The Labute approximate surface area is 140 Å². The molecule has 6 nitrogen and oxygen atoms in total. The molecular formula is C15H16ClNO5S. The van der Waals surface area contributed by atoms with Crippen LogP contribution in [0.4, 0.5) is 0 Å². The fraction of sp³-hybridized carbons (Fsp3) is 0.400. The average molecular weight is 358 g/mol. The van der Waals surface area contributed by atoms with E-state index in [2.05, 4.69) is 15.4 Å². The molecule has 0 amide bonds. The zero-order valence-electron chi connectivity index (χ0n) is 12.4. The van der Waals surface area contributed by atoms with Crippen molar-refractivity contribution in [3.05, 3.63) is 28.8 Å². The molecule has 0 unspecified atom stereocenters. The Morgan fingerprint density at radius 2 is 2.30 bits per heavy atom. The molecule has 1 aromatic carbocycles. The van der Waals surface area contributed by atoms with E-state index in [0.29, 0.717) is 19.6 Å². The van der Waals surface area contributed by atoms with E-state index in [-0.39, 0.29) is 21.4 Å². The molecule has 23 heavy (non-hydrogen) atoms. The summed E-state index contributed by atoms with van der Waals surface area (Å²) in [7, 11) is -2.79. The highest BCUT2D eigenvalue weighted by Crippen LogP contribution is 2.25. The molecule has 1 aliphatic rings. The molecule has 1 N–H and O–H groups in total.